The van der Waals surface area contributed by atoms with Gasteiger partial charge in [0.25, 0.3) is 0 Å². The Kier molecular flexibility index (Phi) is 5.58. The van der Waals surface area contributed by atoms with Crippen LogP contribution in [-0.2, 0) is 15.0 Å². The molecule has 4 aliphatic rings. The van der Waals surface area contributed by atoms with E-state index in [1.807, 2.05) is 18.2 Å². The van der Waals surface area contributed by atoms with Gasteiger partial charge in [0.1, 0.15) is 5.75 Å². The van der Waals surface area contributed by atoms with Gasteiger partial charge in [-0.2, -0.15) is 0 Å². The molecule has 1 aromatic rings. The summed E-state index contributed by atoms with van der Waals surface area (Å²) in [7, 11) is 1.59. The maximum Gasteiger partial charge on any atom is 0.243 e. The molecule has 30 heavy (non-hydrogen) atoms. The summed E-state index contributed by atoms with van der Waals surface area (Å²) in [6.07, 6.45) is 8.31. The first-order valence-corrected chi connectivity index (χ1v) is 11.4. The first-order chi connectivity index (χ1) is 14.2. The van der Waals surface area contributed by atoms with Gasteiger partial charge in [-0.3, -0.25) is 9.59 Å². The van der Waals surface area contributed by atoms with Gasteiger partial charge in [0.2, 0.25) is 11.8 Å². The van der Waals surface area contributed by atoms with Crippen molar-refractivity contribution in [1.29, 1.82) is 0 Å². The minimum atomic E-state index is -0.224. The molecule has 0 saturated heterocycles. The molecule has 5 heteroatoms. The molecule has 4 fully saturated rings. The quantitative estimate of drug-likeness (QED) is 0.714. The standard InChI is InChI=1S/C25H36N2O3/c1-24(2,3)19-5-6-21(30-4)20(10-19)27-23(29)15-26-22(28)14-25-11-16-7-17(12-25)9-18(8-16)13-25/h5-6,10,16-18H,7-9,11-15H2,1-4H3,(H,26,28)(H,27,29). The Morgan fingerprint density at radius 1 is 1.03 bits per heavy atom. The maximum atomic E-state index is 12.7. The molecule has 4 bridgehead atoms. The van der Waals surface area contributed by atoms with Gasteiger partial charge in [-0.15, -0.1) is 0 Å². The molecule has 2 N–H and O–H groups in total. The van der Waals surface area contributed by atoms with E-state index in [1.54, 1.807) is 7.11 Å². The van der Waals surface area contributed by atoms with Crippen LogP contribution in [0.4, 0.5) is 5.69 Å². The van der Waals surface area contributed by atoms with Crippen molar-refractivity contribution in [2.24, 2.45) is 23.2 Å². The predicted octanol–water partition coefficient (Wildman–Crippen LogP) is 4.65. The van der Waals surface area contributed by atoms with Crippen molar-refractivity contribution < 1.29 is 14.3 Å². The van der Waals surface area contributed by atoms with Crippen molar-refractivity contribution in [2.45, 2.75) is 71.1 Å². The number of rotatable bonds is 6. The maximum absolute atomic E-state index is 12.7. The van der Waals surface area contributed by atoms with Crippen LogP contribution in [-0.4, -0.2) is 25.5 Å². The van der Waals surface area contributed by atoms with Crippen molar-refractivity contribution in [3.63, 3.8) is 0 Å². The zero-order valence-electron chi connectivity index (χ0n) is 18.8. The lowest BCUT2D eigenvalue weighted by Crippen LogP contribution is -2.48. The number of hydrogen-bond acceptors (Lipinski definition) is 3. The molecule has 5 nitrogen and oxygen atoms in total. The van der Waals surface area contributed by atoms with E-state index in [1.165, 1.54) is 38.5 Å². The largest absolute Gasteiger partial charge is 0.495 e. The van der Waals surface area contributed by atoms with Gasteiger partial charge in [0.15, 0.2) is 0 Å². The van der Waals surface area contributed by atoms with Gasteiger partial charge in [-0.1, -0.05) is 26.8 Å². The first kappa shape index (κ1) is 21.2. The van der Waals surface area contributed by atoms with Crippen molar-refractivity contribution >= 4 is 17.5 Å². The van der Waals surface area contributed by atoms with Gasteiger partial charge < -0.3 is 15.4 Å². The fourth-order valence-electron chi connectivity index (χ4n) is 6.56. The molecule has 164 valence electrons. The van der Waals surface area contributed by atoms with Crippen LogP contribution in [0.3, 0.4) is 0 Å². The van der Waals surface area contributed by atoms with E-state index in [0.717, 1.165) is 23.3 Å². The third kappa shape index (κ3) is 4.50. The van der Waals surface area contributed by atoms with Crippen LogP contribution < -0.4 is 15.4 Å². The minimum absolute atomic E-state index is 0.00585. The molecule has 5 rings (SSSR count). The van der Waals surface area contributed by atoms with Crippen LogP contribution in [0, 0.1) is 23.2 Å². The molecule has 0 aliphatic heterocycles. The number of ether oxygens (including phenoxy) is 1. The number of anilines is 1. The molecule has 0 atom stereocenters. The van der Waals surface area contributed by atoms with E-state index in [4.69, 9.17) is 4.74 Å². The third-order valence-electron chi connectivity index (χ3n) is 7.49. The second-order valence-electron chi connectivity index (χ2n) is 11.1. The highest BCUT2D eigenvalue weighted by Gasteiger charge is 2.51. The van der Waals surface area contributed by atoms with Crippen molar-refractivity contribution in [3.05, 3.63) is 23.8 Å². The Morgan fingerprint density at radius 3 is 2.17 bits per heavy atom. The smallest absolute Gasteiger partial charge is 0.243 e. The Balaban J connectivity index is 1.32. The molecule has 4 saturated carbocycles. The number of carbonyl (C=O) groups is 2. The molecule has 0 aromatic heterocycles. The lowest BCUT2D eigenvalue weighted by Gasteiger charge is -2.56. The average Bonchev–Trinajstić information content (AvgIpc) is 2.64. The van der Waals surface area contributed by atoms with Crippen LogP contribution in [0.1, 0.15) is 71.3 Å². The monoisotopic (exact) mass is 412 g/mol. The number of benzene rings is 1. The van der Waals surface area contributed by atoms with E-state index < -0.39 is 0 Å². The fourth-order valence-corrected chi connectivity index (χ4v) is 6.56. The van der Waals surface area contributed by atoms with E-state index in [2.05, 4.69) is 31.4 Å². The van der Waals surface area contributed by atoms with Crippen LogP contribution in [0.2, 0.25) is 0 Å². The Bertz CT molecular complexity index is 789. The SMILES string of the molecule is COc1ccc(C(C)(C)C)cc1NC(=O)CNC(=O)CC12CC3CC(CC(C3)C1)C2. The Hall–Kier alpha value is -2.04. The fraction of sp³-hybridized carbons (Fsp3) is 0.680. The number of nitrogens with one attached hydrogen (secondary N) is 2. The van der Waals surface area contributed by atoms with Crippen molar-refractivity contribution in [2.75, 3.05) is 19.0 Å². The zero-order valence-corrected chi connectivity index (χ0v) is 18.8. The summed E-state index contributed by atoms with van der Waals surface area (Å²) in [5, 5.41) is 5.78. The van der Waals surface area contributed by atoms with Gasteiger partial charge in [-0.25, -0.2) is 0 Å². The molecule has 1 aromatic carbocycles. The number of methoxy groups -OCH3 is 1. The summed E-state index contributed by atoms with van der Waals surface area (Å²) in [5.74, 6) is 2.90. The molecule has 0 radical (unpaired) electrons. The van der Waals surface area contributed by atoms with Gasteiger partial charge in [0, 0.05) is 6.42 Å². The lowest BCUT2D eigenvalue weighted by atomic mass is 9.49. The highest BCUT2D eigenvalue weighted by molar-refractivity contribution is 5.95. The normalized spacial score (nSPS) is 29.5. The summed E-state index contributed by atoms with van der Waals surface area (Å²) in [6, 6.07) is 5.84. The summed E-state index contributed by atoms with van der Waals surface area (Å²) in [5.41, 5.74) is 1.92. The summed E-state index contributed by atoms with van der Waals surface area (Å²) in [4.78, 5) is 25.2. The Labute approximate surface area is 180 Å². The van der Waals surface area contributed by atoms with E-state index in [-0.39, 0.29) is 29.2 Å². The molecular formula is C25H36N2O3. The van der Waals surface area contributed by atoms with Crippen LogP contribution in [0.15, 0.2) is 18.2 Å². The van der Waals surface area contributed by atoms with Gasteiger partial charge >= 0.3 is 0 Å². The molecular weight excluding hydrogens is 376 g/mol. The van der Waals surface area contributed by atoms with Crippen molar-refractivity contribution in [3.8, 4) is 5.75 Å². The second kappa shape index (κ2) is 7.90. The Morgan fingerprint density at radius 2 is 1.63 bits per heavy atom. The van der Waals surface area contributed by atoms with Crippen LogP contribution in [0.25, 0.3) is 0 Å². The zero-order chi connectivity index (χ0) is 21.5. The highest BCUT2D eigenvalue weighted by atomic mass is 16.5. The van der Waals surface area contributed by atoms with Gasteiger partial charge in [0.05, 0.1) is 19.3 Å². The number of carbonyl (C=O) groups excluding carboxylic acids is 2. The molecule has 0 spiro atoms. The predicted molar refractivity (Wildman–Crippen MR) is 119 cm³/mol. The summed E-state index contributed by atoms with van der Waals surface area (Å²) < 4.78 is 5.40. The lowest BCUT2D eigenvalue weighted by molar-refractivity contribution is -0.131. The molecule has 0 heterocycles. The van der Waals surface area contributed by atoms with Crippen LogP contribution in [0.5, 0.6) is 5.75 Å². The van der Waals surface area contributed by atoms with Gasteiger partial charge in [-0.05, 0) is 84.8 Å². The summed E-state index contributed by atoms with van der Waals surface area (Å²) in [6.45, 7) is 6.38. The number of hydrogen-bond donors (Lipinski definition) is 2. The first-order valence-electron chi connectivity index (χ1n) is 11.4. The van der Waals surface area contributed by atoms with E-state index in [9.17, 15) is 9.59 Å². The van der Waals surface area contributed by atoms with Crippen LogP contribution >= 0.6 is 0 Å². The summed E-state index contributed by atoms with van der Waals surface area (Å²) >= 11 is 0. The topological polar surface area (TPSA) is 67.4 Å². The van der Waals surface area contributed by atoms with E-state index >= 15 is 0 Å². The molecule has 0 unspecified atom stereocenters. The van der Waals surface area contributed by atoms with Crippen molar-refractivity contribution in [1.82, 2.24) is 5.32 Å². The second-order valence-corrected chi connectivity index (χ2v) is 11.1. The number of amides is 2. The molecule has 2 amide bonds. The van der Waals surface area contributed by atoms with E-state index in [0.29, 0.717) is 17.9 Å². The molecule has 4 aliphatic carbocycles. The minimum Gasteiger partial charge on any atom is -0.495 e. The highest BCUT2D eigenvalue weighted by Crippen LogP contribution is 2.61. The average molecular weight is 413 g/mol. The third-order valence-corrected chi connectivity index (χ3v) is 7.49.